The van der Waals surface area contributed by atoms with Crippen molar-refractivity contribution in [1.82, 2.24) is 0 Å². The molecule has 0 spiro atoms. The third kappa shape index (κ3) is 17.2. The van der Waals surface area contributed by atoms with E-state index in [0.29, 0.717) is 0 Å². The number of hydrogen-bond acceptors (Lipinski definition) is 1. The summed E-state index contributed by atoms with van der Waals surface area (Å²) in [5.41, 5.74) is 5.92. The molecule has 21 heavy (non-hydrogen) atoms. The van der Waals surface area contributed by atoms with Crippen molar-refractivity contribution in [3.05, 3.63) is 0 Å². The number of unbranched alkanes of at least 4 members (excludes halogenated alkanes) is 10. The summed E-state index contributed by atoms with van der Waals surface area (Å²) in [5, 5.41) is 0. The molecule has 4 heteroatoms. The Bertz CT molecular complexity index is 209. The third-order valence-corrected chi connectivity index (χ3v) is 6.98. The molecule has 0 aliphatic heterocycles. The van der Waals surface area contributed by atoms with Crippen molar-refractivity contribution in [1.29, 1.82) is 0 Å². The van der Waals surface area contributed by atoms with E-state index in [2.05, 4.69) is 13.8 Å². The number of nitrogens with two attached hydrogens (primary N) is 1. The zero-order valence-electron chi connectivity index (χ0n) is 14.1. The summed E-state index contributed by atoms with van der Waals surface area (Å²) in [6.45, 7) is 4.54. The van der Waals surface area contributed by atoms with E-state index in [0.717, 1.165) is 4.32 Å². The van der Waals surface area contributed by atoms with Crippen LogP contribution < -0.4 is 5.73 Å². The van der Waals surface area contributed by atoms with Crippen LogP contribution in [-0.2, 0) is 22.4 Å². The van der Waals surface area contributed by atoms with Crippen LogP contribution in [-0.4, -0.2) is 15.8 Å². The molecule has 0 unspecified atom stereocenters. The van der Waals surface area contributed by atoms with Crippen molar-refractivity contribution >= 4 is 27.4 Å². The molecule has 0 atom stereocenters. The Balaban J connectivity index is 0. The van der Waals surface area contributed by atoms with E-state index in [1.807, 2.05) is 0 Å². The fraction of sp³-hybridized carbons (Fsp3) is 0.941. The van der Waals surface area contributed by atoms with Gasteiger partial charge in [0.05, 0.1) is 0 Å². The van der Waals surface area contributed by atoms with Crippen LogP contribution >= 0.6 is 23.1 Å². The van der Waals surface area contributed by atoms with Gasteiger partial charge < -0.3 is 5.73 Å². The Morgan fingerprint density at radius 1 is 0.714 bits per heavy atom. The van der Waals surface area contributed by atoms with Gasteiger partial charge in [-0.2, -0.15) is 0 Å². The molecular formula is C17H37AgNS2. The standard InChI is InChI=1S/C17H37NS2.Ag/c1-3-5-7-9-11-13-15-20(17(18)19)16-14-12-10-8-6-4-2;/h20H,3-16H2,1-2H3,(H2,18,19);. The van der Waals surface area contributed by atoms with E-state index in [1.54, 1.807) is 0 Å². The van der Waals surface area contributed by atoms with Gasteiger partial charge in [-0.15, -0.1) is 0 Å². The Hall–Kier alpha value is 0.980. The first-order valence-corrected chi connectivity index (χ1v) is 10.9. The van der Waals surface area contributed by atoms with E-state index < -0.39 is 0 Å². The van der Waals surface area contributed by atoms with E-state index in [9.17, 15) is 0 Å². The van der Waals surface area contributed by atoms with Crippen molar-refractivity contribution in [2.75, 3.05) is 11.5 Å². The van der Waals surface area contributed by atoms with Gasteiger partial charge in [-0.3, -0.25) is 0 Å². The minimum atomic E-state index is -0.159. The second-order valence-electron chi connectivity index (χ2n) is 5.86. The van der Waals surface area contributed by atoms with E-state index >= 15 is 0 Å². The molecule has 0 heterocycles. The summed E-state index contributed by atoms with van der Waals surface area (Å²) in [5.74, 6) is 2.57. The van der Waals surface area contributed by atoms with Gasteiger partial charge in [-0.05, 0) is 24.3 Å². The summed E-state index contributed by atoms with van der Waals surface area (Å²) >= 11 is 5.26. The van der Waals surface area contributed by atoms with E-state index in [-0.39, 0.29) is 33.3 Å². The summed E-state index contributed by atoms with van der Waals surface area (Å²) in [6.07, 6.45) is 16.5. The van der Waals surface area contributed by atoms with Crippen molar-refractivity contribution in [2.45, 2.75) is 90.9 Å². The first-order valence-electron chi connectivity index (χ1n) is 8.76. The van der Waals surface area contributed by atoms with Crippen LogP contribution in [0.3, 0.4) is 0 Å². The molecule has 0 aromatic heterocycles. The SMILES string of the molecule is CCCCCCCC[SH](CCCCCCCC)C(N)=S.[Ag]. The van der Waals surface area contributed by atoms with Gasteiger partial charge in [-0.25, -0.2) is 10.9 Å². The van der Waals surface area contributed by atoms with Crippen LogP contribution in [0.1, 0.15) is 90.9 Å². The van der Waals surface area contributed by atoms with Gasteiger partial charge in [0.15, 0.2) is 0 Å². The maximum Gasteiger partial charge on any atom is 0.111 e. The molecule has 0 aromatic rings. The summed E-state index contributed by atoms with van der Waals surface area (Å²) in [7, 11) is -0.159. The van der Waals surface area contributed by atoms with Crippen molar-refractivity contribution in [3.63, 3.8) is 0 Å². The monoisotopic (exact) mass is 426 g/mol. The average molecular weight is 427 g/mol. The number of thiocarbonyl (C=S) groups is 1. The molecule has 0 aromatic carbocycles. The van der Waals surface area contributed by atoms with Gasteiger partial charge in [0, 0.05) is 22.4 Å². The Labute approximate surface area is 157 Å². The van der Waals surface area contributed by atoms with Crippen LogP contribution in [0.25, 0.3) is 0 Å². The Kier molecular flexibility index (Phi) is 22.0. The molecular weight excluding hydrogens is 390 g/mol. The van der Waals surface area contributed by atoms with Crippen LogP contribution in [0.4, 0.5) is 0 Å². The minimum Gasteiger partial charge on any atom is -0.386 e. The molecule has 1 radical (unpaired) electrons. The van der Waals surface area contributed by atoms with Crippen LogP contribution in [0.5, 0.6) is 0 Å². The van der Waals surface area contributed by atoms with Crippen LogP contribution in [0.2, 0.25) is 0 Å². The normalized spacial score (nSPS) is 11.0. The molecule has 0 aliphatic rings. The molecule has 0 saturated carbocycles. The Morgan fingerprint density at radius 2 is 1.05 bits per heavy atom. The molecule has 0 rings (SSSR count). The predicted octanol–water partition coefficient (Wildman–Crippen LogP) is 5.95. The molecule has 133 valence electrons. The second kappa shape index (κ2) is 19.0. The maximum atomic E-state index is 5.92. The summed E-state index contributed by atoms with van der Waals surface area (Å²) < 4.78 is 0.821. The third-order valence-electron chi connectivity index (χ3n) is 3.87. The van der Waals surface area contributed by atoms with Crippen molar-refractivity contribution in [3.8, 4) is 0 Å². The van der Waals surface area contributed by atoms with Gasteiger partial charge in [0.25, 0.3) is 0 Å². The number of rotatable bonds is 14. The predicted molar refractivity (Wildman–Crippen MR) is 102 cm³/mol. The minimum absolute atomic E-state index is 0. The zero-order valence-corrected chi connectivity index (χ0v) is 17.3. The second-order valence-corrected chi connectivity index (χ2v) is 9.06. The largest absolute Gasteiger partial charge is 0.386 e. The fourth-order valence-corrected chi connectivity index (χ4v) is 4.92. The molecule has 0 aliphatic carbocycles. The van der Waals surface area contributed by atoms with Crippen LogP contribution in [0.15, 0.2) is 0 Å². The quantitative estimate of drug-likeness (QED) is 0.155. The van der Waals surface area contributed by atoms with Crippen LogP contribution in [0, 0.1) is 0 Å². The summed E-state index contributed by atoms with van der Waals surface area (Å²) in [4.78, 5) is 0. The zero-order chi connectivity index (χ0) is 15.1. The van der Waals surface area contributed by atoms with Crippen molar-refractivity contribution in [2.24, 2.45) is 5.73 Å². The summed E-state index contributed by atoms with van der Waals surface area (Å²) in [6, 6.07) is 0. The fourth-order valence-electron chi connectivity index (χ4n) is 2.50. The van der Waals surface area contributed by atoms with E-state index in [1.165, 1.54) is 88.6 Å². The van der Waals surface area contributed by atoms with Gasteiger partial charge >= 0.3 is 0 Å². The topological polar surface area (TPSA) is 26.0 Å². The average Bonchev–Trinajstić information content (AvgIpc) is 2.43. The van der Waals surface area contributed by atoms with Gasteiger partial charge in [0.1, 0.15) is 4.32 Å². The van der Waals surface area contributed by atoms with Gasteiger partial charge in [-0.1, -0.05) is 90.3 Å². The smallest absolute Gasteiger partial charge is 0.111 e. The molecule has 0 saturated heterocycles. The molecule has 0 fully saturated rings. The maximum absolute atomic E-state index is 5.92. The molecule has 0 bridgehead atoms. The Morgan fingerprint density at radius 3 is 1.38 bits per heavy atom. The molecule has 1 nitrogen and oxygen atoms in total. The number of thiol groups is 1. The molecule has 2 N–H and O–H groups in total. The van der Waals surface area contributed by atoms with E-state index in [4.69, 9.17) is 18.0 Å². The molecule has 0 amide bonds. The van der Waals surface area contributed by atoms with Crippen molar-refractivity contribution < 1.29 is 22.4 Å². The number of hydrogen-bond donors (Lipinski definition) is 2. The first-order chi connectivity index (χ1) is 9.72. The van der Waals surface area contributed by atoms with Gasteiger partial charge in [0.2, 0.25) is 0 Å². The first kappa shape index (κ1) is 24.2.